The molecule has 0 aliphatic carbocycles. The standard InChI is InChI=1S/C12H16BrN5/c1-3-5-15-11-9(13)6-16-12(17-11)10-7-14-8-18(10)4-2/h6-8H,3-5H2,1-2H3,(H,15,16,17). The molecule has 5 nitrogen and oxygen atoms in total. The molecule has 0 aromatic carbocycles. The molecule has 0 spiro atoms. The van der Waals surface area contributed by atoms with E-state index in [4.69, 9.17) is 0 Å². The van der Waals surface area contributed by atoms with Crippen molar-refractivity contribution in [3.63, 3.8) is 0 Å². The van der Waals surface area contributed by atoms with Gasteiger partial charge in [-0.05, 0) is 29.3 Å². The highest BCUT2D eigenvalue weighted by atomic mass is 79.9. The highest BCUT2D eigenvalue weighted by Gasteiger charge is 2.10. The van der Waals surface area contributed by atoms with Gasteiger partial charge >= 0.3 is 0 Å². The van der Waals surface area contributed by atoms with Crippen LogP contribution in [0.3, 0.4) is 0 Å². The van der Waals surface area contributed by atoms with Crippen LogP contribution in [0.1, 0.15) is 20.3 Å². The van der Waals surface area contributed by atoms with Crippen LogP contribution in [-0.4, -0.2) is 26.1 Å². The summed E-state index contributed by atoms with van der Waals surface area (Å²) in [6.07, 6.45) is 6.40. The number of hydrogen-bond donors (Lipinski definition) is 1. The summed E-state index contributed by atoms with van der Waals surface area (Å²) in [7, 11) is 0. The zero-order valence-corrected chi connectivity index (χ0v) is 12.1. The Morgan fingerprint density at radius 2 is 2.17 bits per heavy atom. The zero-order chi connectivity index (χ0) is 13.0. The van der Waals surface area contributed by atoms with Crippen molar-refractivity contribution in [1.29, 1.82) is 0 Å². The summed E-state index contributed by atoms with van der Waals surface area (Å²) >= 11 is 3.45. The Hall–Kier alpha value is -1.43. The Bertz CT molecular complexity index is 523. The summed E-state index contributed by atoms with van der Waals surface area (Å²) in [6, 6.07) is 0. The van der Waals surface area contributed by atoms with Gasteiger partial charge in [-0.1, -0.05) is 6.92 Å². The van der Waals surface area contributed by atoms with Gasteiger partial charge in [0.1, 0.15) is 11.5 Å². The van der Waals surface area contributed by atoms with Crippen LogP contribution in [0.2, 0.25) is 0 Å². The summed E-state index contributed by atoms with van der Waals surface area (Å²) in [5, 5.41) is 3.27. The van der Waals surface area contributed by atoms with E-state index < -0.39 is 0 Å². The van der Waals surface area contributed by atoms with Crippen molar-refractivity contribution < 1.29 is 0 Å². The molecule has 0 unspecified atom stereocenters. The largest absolute Gasteiger partial charge is 0.369 e. The summed E-state index contributed by atoms with van der Waals surface area (Å²) < 4.78 is 2.90. The Kier molecular flexibility index (Phi) is 4.30. The van der Waals surface area contributed by atoms with Crippen LogP contribution in [0, 0.1) is 0 Å². The van der Waals surface area contributed by atoms with E-state index in [-0.39, 0.29) is 0 Å². The molecule has 0 bridgehead atoms. The summed E-state index contributed by atoms with van der Waals surface area (Å²) in [6.45, 7) is 5.93. The van der Waals surface area contributed by atoms with Crippen molar-refractivity contribution >= 4 is 21.7 Å². The fraction of sp³-hybridized carbons (Fsp3) is 0.417. The van der Waals surface area contributed by atoms with Gasteiger partial charge in [0.2, 0.25) is 0 Å². The number of nitrogens with one attached hydrogen (secondary N) is 1. The molecule has 2 aromatic heterocycles. The van der Waals surface area contributed by atoms with Crippen LogP contribution in [0.25, 0.3) is 11.5 Å². The number of aromatic nitrogens is 4. The Labute approximate surface area is 115 Å². The van der Waals surface area contributed by atoms with Gasteiger partial charge in [0.25, 0.3) is 0 Å². The van der Waals surface area contributed by atoms with Gasteiger partial charge in [0, 0.05) is 19.3 Å². The van der Waals surface area contributed by atoms with Crippen LogP contribution in [0.5, 0.6) is 0 Å². The summed E-state index contributed by atoms with van der Waals surface area (Å²) in [5.74, 6) is 1.52. The van der Waals surface area contributed by atoms with E-state index in [1.54, 1.807) is 18.7 Å². The third-order valence-electron chi connectivity index (χ3n) is 2.57. The number of anilines is 1. The van der Waals surface area contributed by atoms with Gasteiger partial charge in [0.15, 0.2) is 5.82 Å². The molecule has 6 heteroatoms. The highest BCUT2D eigenvalue weighted by molar-refractivity contribution is 9.10. The average Bonchev–Trinajstić information content (AvgIpc) is 2.86. The summed E-state index contributed by atoms with van der Waals surface area (Å²) in [5.41, 5.74) is 0.935. The number of hydrogen-bond acceptors (Lipinski definition) is 4. The Morgan fingerprint density at radius 1 is 1.33 bits per heavy atom. The first-order valence-corrected chi connectivity index (χ1v) is 6.82. The minimum Gasteiger partial charge on any atom is -0.369 e. The molecule has 2 heterocycles. The molecule has 2 rings (SSSR count). The van der Waals surface area contributed by atoms with Crippen molar-refractivity contribution in [2.24, 2.45) is 0 Å². The lowest BCUT2D eigenvalue weighted by Crippen LogP contribution is -2.05. The number of nitrogens with zero attached hydrogens (tertiary/aromatic N) is 4. The van der Waals surface area contributed by atoms with Crippen molar-refractivity contribution in [1.82, 2.24) is 19.5 Å². The van der Waals surface area contributed by atoms with Gasteiger partial charge < -0.3 is 9.88 Å². The molecular weight excluding hydrogens is 294 g/mol. The molecule has 0 saturated heterocycles. The topological polar surface area (TPSA) is 55.6 Å². The second-order valence-electron chi connectivity index (χ2n) is 3.88. The lowest BCUT2D eigenvalue weighted by molar-refractivity contribution is 0.763. The van der Waals surface area contributed by atoms with E-state index in [0.29, 0.717) is 5.82 Å². The zero-order valence-electron chi connectivity index (χ0n) is 10.5. The molecule has 0 aliphatic rings. The maximum absolute atomic E-state index is 4.53. The van der Waals surface area contributed by atoms with Crippen LogP contribution in [-0.2, 0) is 6.54 Å². The van der Waals surface area contributed by atoms with Gasteiger partial charge in [-0.3, -0.25) is 0 Å². The van der Waals surface area contributed by atoms with E-state index in [9.17, 15) is 0 Å². The van der Waals surface area contributed by atoms with Crippen molar-refractivity contribution in [3.05, 3.63) is 23.2 Å². The maximum atomic E-state index is 4.53. The van der Waals surface area contributed by atoms with Gasteiger partial charge in [-0.2, -0.15) is 0 Å². The van der Waals surface area contributed by atoms with Crippen LogP contribution in [0.4, 0.5) is 5.82 Å². The lowest BCUT2D eigenvalue weighted by Gasteiger charge is -2.09. The van der Waals surface area contributed by atoms with E-state index >= 15 is 0 Å². The number of halogens is 1. The molecule has 1 N–H and O–H groups in total. The second-order valence-corrected chi connectivity index (χ2v) is 4.74. The molecule has 0 atom stereocenters. The number of imidazole rings is 1. The van der Waals surface area contributed by atoms with Crippen LogP contribution >= 0.6 is 15.9 Å². The first-order valence-electron chi connectivity index (χ1n) is 6.03. The SMILES string of the molecule is CCCNc1nc(-c2cncn2CC)ncc1Br. The van der Waals surface area contributed by atoms with E-state index in [2.05, 4.69) is 50.0 Å². The second kappa shape index (κ2) is 5.95. The van der Waals surface area contributed by atoms with Gasteiger partial charge in [0.05, 0.1) is 17.0 Å². The molecule has 0 radical (unpaired) electrons. The van der Waals surface area contributed by atoms with Crippen molar-refractivity contribution in [2.75, 3.05) is 11.9 Å². The van der Waals surface area contributed by atoms with E-state index in [1.807, 2.05) is 4.57 Å². The number of rotatable bonds is 5. The molecule has 2 aromatic rings. The molecule has 18 heavy (non-hydrogen) atoms. The highest BCUT2D eigenvalue weighted by Crippen LogP contribution is 2.23. The fourth-order valence-corrected chi connectivity index (χ4v) is 1.95. The van der Waals surface area contributed by atoms with Crippen LogP contribution in [0.15, 0.2) is 23.2 Å². The molecule has 0 saturated carbocycles. The van der Waals surface area contributed by atoms with Gasteiger partial charge in [-0.15, -0.1) is 0 Å². The monoisotopic (exact) mass is 309 g/mol. The first kappa shape index (κ1) is 13.0. The third-order valence-corrected chi connectivity index (χ3v) is 3.15. The third kappa shape index (κ3) is 2.69. The molecule has 96 valence electrons. The lowest BCUT2D eigenvalue weighted by atomic mass is 10.4. The predicted octanol–water partition coefficient (Wildman–Crippen LogP) is 2.94. The average molecular weight is 310 g/mol. The predicted molar refractivity (Wildman–Crippen MR) is 75.4 cm³/mol. The maximum Gasteiger partial charge on any atom is 0.179 e. The minimum atomic E-state index is 0.691. The number of aryl methyl sites for hydroxylation is 1. The smallest absolute Gasteiger partial charge is 0.179 e. The molecule has 0 amide bonds. The summed E-state index contributed by atoms with van der Waals surface area (Å²) in [4.78, 5) is 13.0. The van der Waals surface area contributed by atoms with Crippen molar-refractivity contribution in [3.8, 4) is 11.5 Å². The molecule has 0 aliphatic heterocycles. The van der Waals surface area contributed by atoms with Gasteiger partial charge in [-0.25, -0.2) is 15.0 Å². The Morgan fingerprint density at radius 3 is 2.89 bits per heavy atom. The minimum absolute atomic E-state index is 0.691. The van der Waals surface area contributed by atoms with E-state index in [0.717, 1.165) is 35.5 Å². The van der Waals surface area contributed by atoms with E-state index in [1.165, 1.54) is 0 Å². The quantitative estimate of drug-likeness (QED) is 0.922. The fourth-order valence-electron chi connectivity index (χ4n) is 1.62. The first-order chi connectivity index (χ1) is 8.76. The van der Waals surface area contributed by atoms with Crippen LogP contribution < -0.4 is 5.32 Å². The normalized spacial score (nSPS) is 10.6. The molecule has 0 fully saturated rings. The Balaban J connectivity index is 2.34. The van der Waals surface area contributed by atoms with Crippen molar-refractivity contribution in [2.45, 2.75) is 26.8 Å². The molecular formula is C12H16BrN5.